The third kappa shape index (κ3) is 6.21. The van der Waals surface area contributed by atoms with Crippen LogP contribution in [0.4, 0.5) is 0 Å². The lowest BCUT2D eigenvalue weighted by molar-refractivity contribution is -0.135. The van der Waals surface area contributed by atoms with Crippen LogP contribution >= 0.6 is 11.6 Å². The minimum Gasteiger partial charge on any atom is -0.493 e. The first kappa shape index (κ1) is 22.1. The van der Waals surface area contributed by atoms with Gasteiger partial charge in [-0.25, -0.2) is 0 Å². The molecular formula is C23H27ClN2O4. The maximum atomic E-state index is 12.6. The Hall–Kier alpha value is -2.57. The highest BCUT2D eigenvalue weighted by Crippen LogP contribution is 2.28. The lowest BCUT2D eigenvalue weighted by Gasteiger charge is -2.34. The van der Waals surface area contributed by atoms with Crippen LogP contribution in [0, 0.1) is 0 Å². The first-order valence-corrected chi connectivity index (χ1v) is 10.4. The predicted molar refractivity (Wildman–Crippen MR) is 116 cm³/mol. The molecule has 30 heavy (non-hydrogen) atoms. The van der Waals surface area contributed by atoms with E-state index in [-0.39, 0.29) is 18.3 Å². The van der Waals surface area contributed by atoms with E-state index in [4.69, 9.17) is 21.1 Å². The zero-order valence-electron chi connectivity index (χ0n) is 17.4. The fourth-order valence-electron chi connectivity index (χ4n) is 3.46. The fourth-order valence-corrected chi connectivity index (χ4v) is 3.59. The summed E-state index contributed by atoms with van der Waals surface area (Å²) in [5.41, 5.74) is 2.07. The Labute approximate surface area is 182 Å². The number of ether oxygens (including phenoxy) is 2. The van der Waals surface area contributed by atoms with Crippen LogP contribution in [0.5, 0.6) is 11.5 Å². The number of hydrogen-bond acceptors (Lipinski definition) is 5. The number of nitrogens with zero attached hydrogens (tertiary/aromatic N) is 2. The number of carbonyl (C=O) groups is 2. The smallest absolute Gasteiger partial charge is 0.260 e. The number of halogens is 1. The van der Waals surface area contributed by atoms with Gasteiger partial charge in [0, 0.05) is 44.2 Å². The molecule has 1 heterocycles. The largest absolute Gasteiger partial charge is 0.493 e. The molecule has 0 N–H and O–H groups in total. The van der Waals surface area contributed by atoms with Crippen LogP contribution in [0.3, 0.4) is 0 Å². The summed E-state index contributed by atoms with van der Waals surface area (Å²) in [6.45, 7) is 5.33. The van der Waals surface area contributed by atoms with Crippen LogP contribution in [0.1, 0.15) is 18.1 Å². The number of rotatable bonds is 8. The van der Waals surface area contributed by atoms with E-state index in [0.29, 0.717) is 31.0 Å². The van der Waals surface area contributed by atoms with Crippen molar-refractivity contribution in [1.82, 2.24) is 9.80 Å². The van der Waals surface area contributed by atoms with Crippen molar-refractivity contribution in [1.29, 1.82) is 0 Å². The highest BCUT2D eigenvalue weighted by atomic mass is 35.5. The topological polar surface area (TPSA) is 59.1 Å². The van der Waals surface area contributed by atoms with Crippen LogP contribution in [0.2, 0.25) is 5.02 Å². The molecule has 1 amide bonds. The molecule has 0 bridgehead atoms. The normalized spacial score (nSPS) is 14.4. The molecule has 1 aliphatic heterocycles. The lowest BCUT2D eigenvalue weighted by Crippen LogP contribution is -2.49. The van der Waals surface area contributed by atoms with Gasteiger partial charge in [-0.2, -0.15) is 0 Å². The zero-order valence-corrected chi connectivity index (χ0v) is 18.2. The molecule has 0 saturated carbocycles. The summed E-state index contributed by atoms with van der Waals surface area (Å²) in [6, 6.07) is 13.2. The third-order valence-corrected chi connectivity index (χ3v) is 5.33. The molecule has 0 unspecified atom stereocenters. The molecule has 1 saturated heterocycles. The molecule has 7 heteroatoms. The Kier molecular flexibility index (Phi) is 7.71. The van der Waals surface area contributed by atoms with Crippen molar-refractivity contribution in [3.05, 3.63) is 58.6 Å². The molecule has 1 aliphatic rings. The second-order valence-corrected chi connectivity index (χ2v) is 7.87. The molecule has 0 spiro atoms. The van der Waals surface area contributed by atoms with E-state index >= 15 is 0 Å². The molecular weight excluding hydrogens is 404 g/mol. The molecule has 0 atom stereocenters. The first-order chi connectivity index (χ1) is 14.4. The molecule has 6 nitrogen and oxygen atoms in total. The van der Waals surface area contributed by atoms with E-state index in [1.807, 2.05) is 35.2 Å². The van der Waals surface area contributed by atoms with E-state index in [2.05, 4.69) is 4.90 Å². The van der Waals surface area contributed by atoms with Crippen molar-refractivity contribution in [2.75, 3.05) is 39.9 Å². The SMILES string of the molecule is COc1cc(CC(C)=O)ccc1OCC(=O)N1CCN(Cc2ccc(Cl)cc2)CC1. The van der Waals surface area contributed by atoms with Crippen LogP contribution in [-0.4, -0.2) is 61.4 Å². The molecule has 0 radical (unpaired) electrons. The van der Waals surface area contributed by atoms with E-state index < -0.39 is 0 Å². The van der Waals surface area contributed by atoms with Crippen LogP contribution in [0.25, 0.3) is 0 Å². The maximum Gasteiger partial charge on any atom is 0.260 e. The number of hydrogen-bond donors (Lipinski definition) is 0. The van der Waals surface area contributed by atoms with Crippen LogP contribution < -0.4 is 9.47 Å². The van der Waals surface area contributed by atoms with Crippen molar-refractivity contribution in [3.8, 4) is 11.5 Å². The Morgan fingerprint density at radius 2 is 1.63 bits per heavy atom. The summed E-state index contributed by atoms with van der Waals surface area (Å²) in [5, 5.41) is 0.735. The van der Waals surface area contributed by atoms with E-state index in [9.17, 15) is 9.59 Å². The van der Waals surface area contributed by atoms with E-state index in [1.54, 1.807) is 26.2 Å². The monoisotopic (exact) mass is 430 g/mol. The van der Waals surface area contributed by atoms with Gasteiger partial charge in [-0.3, -0.25) is 14.5 Å². The van der Waals surface area contributed by atoms with Crippen molar-refractivity contribution in [2.45, 2.75) is 19.9 Å². The molecule has 0 aromatic heterocycles. The van der Waals surface area contributed by atoms with Gasteiger partial charge in [0.1, 0.15) is 5.78 Å². The quantitative estimate of drug-likeness (QED) is 0.643. The number of Topliss-reactive ketones (excluding diaryl/α,β-unsaturated/α-hetero) is 1. The second kappa shape index (κ2) is 10.5. The average molecular weight is 431 g/mol. The van der Waals surface area contributed by atoms with Gasteiger partial charge in [-0.05, 0) is 42.3 Å². The summed E-state index contributed by atoms with van der Waals surface area (Å²) >= 11 is 5.94. The molecule has 2 aromatic rings. The van der Waals surface area contributed by atoms with Crippen LogP contribution in [0.15, 0.2) is 42.5 Å². The fraction of sp³-hybridized carbons (Fsp3) is 0.391. The van der Waals surface area contributed by atoms with Crippen molar-refractivity contribution in [2.24, 2.45) is 0 Å². The number of piperazine rings is 1. The number of benzene rings is 2. The van der Waals surface area contributed by atoms with E-state index in [0.717, 1.165) is 30.2 Å². The van der Waals surface area contributed by atoms with Gasteiger partial charge in [0.05, 0.1) is 7.11 Å². The molecule has 0 aliphatic carbocycles. The third-order valence-electron chi connectivity index (χ3n) is 5.08. The summed E-state index contributed by atoms with van der Waals surface area (Å²) in [5.74, 6) is 1.06. The number of methoxy groups -OCH3 is 1. The Bertz CT molecular complexity index is 877. The van der Waals surface area contributed by atoms with E-state index in [1.165, 1.54) is 5.56 Å². The Morgan fingerprint density at radius 1 is 0.967 bits per heavy atom. The summed E-state index contributed by atoms with van der Waals surface area (Å²) in [7, 11) is 1.54. The highest BCUT2D eigenvalue weighted by molar-refractivity contribution is 6.30. The summed E-state index contributed by atoms with van der Waals surface area (Å²) in [4.78, 5) is 28.0. The van der Waals surface area contributed by atoms with Gasteiger partial charge in [-0.15, -0.1) is 0 Å². The Morgan fingerprint density at radius 3 is 2.27 bits per heavy atom. The van der Waals surface area contributed by atoms with Gasteiger partial charge >= 0.3 is 0 Å². The molecule has 1 fully saturated rings. The van der Waals surface area contributed by atoms with Gasteiger partial charge < -0.3 is 14.4 Å². The van der Waals surface area contributed by atoms with Gasteiger partial charge in [0.25, 0.3) is 5.91 Å². The van der Waals surface area contributed by atoms with Crippen molar-refractivity contribution >= 4 is 23.3 Å². The summed E-state index contributed by atoms with van der Waals surface area (Å²) < 4.78 is 11.1. The van der Waals surface area contributed by atoms with Crippen LogP contribution in [-0.2, 0) is 22.6 Å². The lowest BCUT2D eigenvalue weighted by atomic mass is 10.1. The average Bonchev–Trinajstić information content (AvgIpc) is 2.74. The maximum absolute atomic E-state index is 12.6. The molecule has 2 aromatic carbocycles. The number of amides is 1. The second-order valence-electron chi connectivity index (χ2n) is 7.44. The zero-order chi connectivity index (χ0) is 21.5. The number of ketones is 1. The highest BCUT2D eigenvalue weighted by Gasteiger charge is 2.22. The van der Waals surface area contributed by atoms with Gasteiger partial charge in [0.15, 0.2) is 18.1 Å². The minimum atomic E-state index is -0.0454. The Balaban J connectivity index is 1.48. The predicted octanol–water partition coefficient (Wildman–Crippen LogP) is 3.20. The van der Waals surface area contributed by atoms with Crippen molar-refractivity contribution in [3.63, 3.8) is 0 Å². The standard InChI is InChI=1S/C23H27ClN2O4/c1-17(27)13-19-5-8-21(22(14-19)29-2)30-16-23(28)26-11-9-25(10-12-26)15-18-3-6-20(24)7-4-18/h3-8,14H,9-13,15-16H2,1-2H3. The molecule has 160 valence electrons. The molecule has 3 rings (SSSR count). The van der Waals surface area contributed by atoms with Gasteiger partial charge in [-0.1, -0.05) is 29.8 Å². The van der Waals surface area contributed by atoms with Crippen molar-refractivity contribution < 1.29 is 19.1 Å². The first-order valence-electron chi connectivity index (χ1n) is 9.98. The minimum absolute atomic E-state index is 0.0421. The van der Waals surface area contributed by atoms with Gasteiger partial charge in [0.2, 0.25) is 0 Å². The number of carbonyl (C=O) groups excluding carboxylic acids is 2. The summed E-state index contributed by atoms with van der Waals surface area (Å²) in [6.07, 6.45) is 0.343.